The number of benzene rings is 1. The van der Waals surface area contributed by atoms with Crippen molar-refractivity contribution in [1.82, 2.24) is 24.8 Å². The Morgan fingerprint density at radius 1 is 1.17 bits per heavy atom. The first-order valence-electron chi connectivity index (χ1n) is 9.38. The molecule has 5 rings (SSSR count). The van der Waals surface area contributed by atoms with Crippen LogP contribution in [0.25, 0.3) is 32.6 Å². The number of imidazole rings is 1. The van der Waals surface area contributed by atoms with E-state index in [2.05, 4.69) is 26.9 Å². The molecule has 0 spiro atoms. The number of carbonyl (C=O) groups is 1. The molecular formula is C20H20N6O2S. The third-order valence-corrected chi connectivity index (χ3v) is 6.27. The van der Waals surface area contributed by atoms with Crippen molar-refractivity contribution in [3.05, 3.63) is 45.6 Å². The summed E-state index contributed by atoms with van der Waals surface area (Å²) in [6.07, 6.45) is 0. The summed E-state index contributed by atoms with van der Waals surface area (Å²) in [7, 11) is 2.06. The van der Waals surface area contributed by atoms with E-state index in [9.17, 15) is 9.59 Å². The van der Waals surface area contributed by atoms with Gasteiger partial charge in [0.2, 0.25) is 0 Å². The van der Waals surface area contributed by atoms with Crippen LogP contribution in [0.2, 0.25) is 0 Å². The average molecular weight is 408 g/mol. The summed E-state index contributed by atoms with van der Waals surface area (Å²) < 4.78 is 0. The number of aromatic amines is 2. The third kappa shape index (κ3) is 2.99. The first-order valence-corrected chi connectivity index (χ1v) is 10.3. The lowest BCUT2D eigenvalue weighted by Gasteiger charge is -2.32. The Morgan fingerprint density at radius 2 is 1.97 bits per heavy atom. The van der Waals surface area contributed by atoms with Crippen LogP contribution in [0.5, 0.6) is 0 Å². The predicted octanol–water partition coefficient (Wildman–Crippen LogP) is 2.10. The molecule has 1 saturated heterocycles. The minimum Gasteiger partial charge on any atom is -0.397 e. The maximum atomic E-state index is 12.8. The van der Waals surface area contributed by atoms with E-state index in [1.54, 1.807) is 12.1 Å². The fraction of sp³-hybridized carbons (Fsp3) is 0.250. The van der Waals surface area contributed by atoms with Crippen molar-refractivity contribution in [2.75, 3.05) is 39.0 Å². The summed E-state index contributed by atoms with van der Waals surface area (Å²) in [6, 6.07) is 7.26. The Balaban J connectivity index is 1.54. The number of aromatic nitrogens is 3. The number of amides is 1. The number of anilines is 1. The summed E-state index contributed by atoms with van der Waals surface area (Å²) in [5.74, 6) is 0.401. The number of fused-ring (bicyclic) bond motifs is 2. The van der Waals surface area contributed by atoms with Gasteiger partial charge in [-0.15, -0.1) is 11.3 Å². The molecule has 4 heterocycles. The zero-order chi connectivity index (χ0) is 20.1. The first kappa shape index (κ1) is 17.9. The van der Waals surface area contributed by atoms with Gasteiger partial charge in [-0.3, -0.25) is 9.59 Å². The summed E-state index contributed by atoms with van der Waals surface area (Å²) in [4.78, 5) is 40.8. The van der Waals surface area contributed by atoms with Gasteiger partial charge in [-0.25, -0.2) is 4.98 Å². The first-order chi connectivity index (χ1) is 14.0. The fourth-order valence-electron chi connectivity index (χ4n) is 3.73. The molecule has 3 aromatic heterocycles. The molecule has 0 aliphatic carbocycles. The smallest absolute Gasteiger partial charge is 0.262 e. The number of pyridine rings is 1. The van der Waals surface area contributed by atoms with E-state index >= 15 is 0 Å². The SMILES string of the molecule is CN1CCN(C(=O)c2ccc3[nH]c(-c4c(N)c5ccsc5[nH]c4=O)nc3c2)CC1. The van der Waals surface area contributed by atoms with E-state index in [1.807, 2.05) is 22.4 Å². The average Bonchev–Trinajstić information content (AvgIpc) is 3.34. The van der Waals surface area contributed by atoms with Gasteiger partial charge in [0.25, 0.3) is 11.5 Å². The van der Waals surface area contributed by atoms with Crippen LogP contribution in [0.15, 0.2) is 34.4 Å². The van der Waals surface area contributed by atoms with Crippen LogP contribution in [0.1, 0.15) is 10.4 Å². The van der Waals surface area contributed by atoms with Gasteiger partial charge in [0.1, 0.15) is 16.2 Å². The van der Waals surface area contributed by atoms with E-state index in [0.29, 0.717) is 41.2 Å². The van der Waals surface area contributed by atoms with Crippen molar-refractivity contribution in [3.63, 3.8) is 0 Å². The van der Waals surface area contributed by atoms with E-state index in [0.717, 1.165) is 28.8 Å². The number of nitrogen functional groups attached to an aromatic ring is 1. The molecule has 1 amide bonds. The normalized spacial score (nSPS) is 15.4. The van der Waals surface area contributed by atoms with Gasteiger partial charge in [0.15, 0.2) is 0 Å². The zero-order valence-electron chi connectivity index (χ0n) is 15.9. The second-order valence-electron chi connectivity index (χ2n) is 7.32. The molecule has 8 nitrogen and oxygen atoms in total. The number of nitrogens with one attached hydrogen (secondary N) is 2. The lowest BCUT2D eigenvalue weighted by molar-refractivity contribution is 0.0664. The number of hydrogen-bond acceptors (Lipinski definition) is 6. The van der Waals surface area contributed by atoms with Gasteiger partial charge in [-0.2, -0.15) is 0 Å². The number of H-pyrrole nitrogens is 2. The zero-order valence-corrected chi connectivity index (χ0v) is 16.7. The van der Waals surface area contributed by atoms with Crippen LogP contribution in [-0.4, -0.2) is 63.9 Å². The Labute approximate surface area is 170 Å². The number of carbonyl (C=O) groups excluding carboxylic acids is 1. The van der Waals surface area contributed by atoms with Crippen molar-refractivity contribution >= 4 is 44.2 Å². The highest BCUT2D eigenvalue weighted by Crippen LogP contribution is 2.30. The fourth-order valence-corrected chi connectivity index (χ4v) is 4.52. The summed E-state index contributed by atoms with van der Waals surface area (Å²) in [5.41, 5.74) is 8.67. The van der Waals surface area contributed by atoms with Gasteiger partial charge in [0, 0.05) is 37.1 Å². The van der Waals surface area contributed by atoms with Crippen molar-refractivity contribution in [1.29, 1.82) is 0 Å². The van der Waals surface area contributed by atoms with Crippen molar-refractivity contribution in [2.24, 2.45) is 0 Å². The Bertz CT molecular complexity index is 1300. The van der Waals surface area contributed by atoms with Gasteiger partial charge in [0.05, 0.1) is 16.7 Å². The molecule has 0 radical (unpaired) electrons. The van der Waals surface area contributed by atoms with Crippen LogP contribution in [-0.2, 0) is 0 Å². The largest absolute Gasteiger partial charge is 0.397 e. The molecule has 148 valence electrons. The Morgan fingerprint density at radius 3 is 2.76 bits per heavy atom. The molecule has 29 heavy (non-hydrogen) atoms. The lowest BCUT2D eigenvalue weighted by Crippen LogP contribution is -2.47. The van der Waals surface area contributed by atoms with Gasteiger partial charge in [-0.05, 0) is 36.7 Å². The van der Waals surface area contributed by atoms with E-state index in [1.165, 1.54) is 11.3 Å². The molecule has 0 saturated carbocycles. The molecule has 1 aromatic carbocycles. The molecular weight excluding hydrogens is 388 g/mol. The van der Waals surface area contributed by atoms with Crippen LogP contribution < -0.4 is 11.3 Å². The molecule has 0 unspecified atom stereocenters. The number of likely N-dealkylation sites (N-methyl/N-ethyl adjacent to an activating group) is 1. The molecule has 0 bridgehead atoms. The van der Waals surface area contributed by atoms with Crippen molar-refractivity contribution < 1.29 is 4.79 Å². The molecule has 4 N–H and O–H groups in total. The van der Waals surface area contributed by atoms with Crippen LogP contribution >= 0.6 is 11.3 Å². The number of nitrogens with zero attached hydrogens (tertiary/aromatic N) is 3. The topological polar surface area (TPSA) is 111 Å². The monoisotopic (exact) mass is 408 g/mol. The molecule has 0 atom stereocenters. The maximum Gasteiger partial charge on any atom is 0.262 e. The minimum atomic E-state index is -0.287. The number of rotatable bonds is 2. The maximum absolute atomic E-state index is 12.8. The van der Waals surface area contributed by atoms with Crippen molar-refractivity contribution in [2.45, 2.75) is 0 Å². The van der Waals surface area contributed by atoms with Crippen LogP contribution in [0.4, 0.5) is 5.69 Å². The van der Waals surface area contributed by atoms with E-state index in [4.69, 9.17) is 5.73 Å². The Hall–Kier alpha value is -3.17. The van der Waals surface area contributed by atoms with Gasteiger partial charge < -0.3 is 25.5 Å². The number of piperazine rings is 1. The van der Waals surface area contributed by atoms with E-state index < -0.39 is 0 Å². The third-order valence-electron chi connectivity index (χ3n) is 5.44. The van der Waals surface area contributed by atoms with Gasteiger partial charge in [-0.1, -0.05) is 0 Å². The summed E-state index contributed by atoms with van der Waals surface area (Å²) >= 11 is 1.43. The molecule has 1 fully saturated rings. The van der Waals surface area contributed by atoms with Crippen LogP contribution in [0.3, 0.4) is 0 Å². The molecule has 1 aliphatic heterocycles. The van der Waals surface area contributed by atoms with E-state index in [-0.39, 0.29) is 11.5 Å². The van der Waals surface area contributed by atoms with Gasteiger partial charge >= 0.3 is 0 Å². The summed E-state index contributed by atoms with van der Waals surface area (Å²) in [5, 5.41) is 2.69. The molecule has 1 aliphatic rings. The quantitative estimate of drug-likeness (QED) is 0.470. The standard InChI is InChI=1S/C20H20N6O2S/c1-25-5-7-26(8-6-25)20(28)11-2-3-13-14(10-11)23-17(22-13)15-16(21)12-4-9-29-19(12)24-18(15)27/h2-4,9-10H,5-8H2,1H3,(H,22,23)(H3,21,24,27). The van der Waals surface area contributed by atoms with Crippen molar-refractivity contribution in [3.8, 4) is 11.4 Å². The highest BCUT2D eigenvalue weighted by atomic mass is 32.1. The van der Waals surface area contributed by atoms with Crippen LogP contribution in [0, 0.1) is 0 Å². The number of thiophene rings is 1. The highest BCUT2D eigenvalue weighted by molar-refractivity contribution is 7.16. The number of hydrogen-bond donors (Lipinski definition) is 3. The molecule has 9 heteroatoms. The number of nitrogens with two attached hydrogens (primary N) is 1. The summed E-state index contributed by atoms with van der Waals surface area (Å²) in [6.45, 7) is 3.17. The predicted molar refractivity (Wildman–Crippen MR) is 115 cm³/mol. The highest BCUT2D eigenvalue weighted by Gasteiger charge is 2.22. The Kier molecular flexibility index (Phi) is 4.14. The second kappa shape index (κ2) is 6.71. The lowest BCUT2D eigenvalue weighted by atomic mass is 10.1. The second-order valence-corrected chi connectivity index (χ2v) is 8.24. The minimum absolute atomic E-state index is 0.00149. The molecule has 4 aromatic rings.